The van der Waals surface area contributed by atoms with Gasteiger partial charge in [-0.05, 0) is 58.4 Å². The Kier molecular flexibility index (Phi) is 5.52. The predicted molar refractivity (Wildman–Crippen MR) is 80.5 cm³/mol. The van der Waals surface area contributed by atoms with E-state index in [2.05, 4.69) is 21.2 Å². The number of aliphatic hydroxyl groups excluding tert-OH is 1. The summed E-state index contributed by atoms with van der Waals surface area (Å²) in [6, 6.07) is 10.1. The molecule has 21 heavy (non-hydrogen) atoms. The van der Waals surface area contributed by atoms with Gasteiger partial charge in [0.15, 0.2) is 0 Å². The molecule has 0 fully saturated rings. The minimum atomic E-state index is -0.776. The van der Waals surface area contributed by atoms with Crippen molar-refractivity contribution in [3.63, 3.8) is 0 Å². The molecule has 112 valence electrons. The second kappa shape index (κ2) is 7.38. The average molecular weight is 358 g/mol. The molecule has 0 aliphatic rings. The molecule has 0 saturated heterocycles. The maximum atomic E-state index is 13.3. The van der Waals surface area contributed by atoms with E-state index < -0.39 is 6.10 Å². The molecule has 0 aliphatic heterocycles. The third kappa shape index (κ3) is 4.99. The van der Waals surface area contributed by atoms with Gasteiger partial charge in [-0.3, -0.25) is 0 Å². The van der Waals surface area contributed by atoms with Crippen molar-refractivity contribution < 1.29 is 18.6 Å². The molecular formula is C15H14BrF2NO2. The number of benzene rings is 2. The molecule has 0 bridgehead atoms. The largest absolute Gasteiger partial charge is 0.491 e. The molecule has 0 aromatic heterocycles. The highest BCUT2D eigenvalue weighted by Crippen LogP contribution is 2.19. The maximum Gasteiger partial charge on any atom is 0.139 e. The van der Waals surface area contributed by atoms with Crippen LogP contribution in [0.25, 0.3) is 0 Å². The summed E-state index contributed by atoms with van der Waals surface area (Å²) in [4.78, 5) is 0. The third-order valence-corrected chi connectivity index (χ3v) is 3.36. The smallest absolute Gasteiger partial charge is 0.139 e. The minimum absolute atomic E-state index is 0.0532. The molecule has 2 aromatic rings. The summed E-state index contributed by atoms with van der Waals surface area (Å²) < 4.78 is 31.7. The van der Waals surface area contributed by atoms with E-state index in [4.69, 9.17) is 4.74 Å². The van der Waals surface area contributed by atoms with Gasteiger partial charge in [0, 0.05) is 12.2 Å². The zero-order chi connectivity index (χ0) is 15.2. The van der Waals surface area contributed by atoms with Gasteiger partial charge in [-0.25, -0.2) is 8.78 Å². The summed E-state index contributed by atoms with van der Waals surface area (Å²) in [5, 5.41) is 12.7. The van der Waals surface area contributed by atoms with E-state index in [1.54, 1.807) is 12.1 Å². The van der Waals surface area contributed by atoms with E-state index in [9.17, 15) is 13.9 Å². The third-order valence-electron chi connectivity index (χ3n) is 2.72. The maximum absolute atomic E-state index is 13.3. The van der Waals surface area contributed by atoms with Crippen LogP contribution in [-0.4, -0.2) is 24.4 Å². The molecule has 1 unspecified atom stereocenters. The zero-order valence-corrected chi connectivity index (χ0v) is 12.6. The lowest BCUT2D eigenvalue weighted by atomic mass is 10.3. The summed E-state index contributed by atoms with van der Waals surface area (Å²) in [6.45, 7) is 0.264. The van der Waals surface area contributed by atoms with Crippen molar-refractivity contribution in [3.05, 3.63) is 58.6 Å². The second-order valence-corrected chi connectivity index (χ2v) is 5.28. The van der Waals surface area contributed by atoms with Crippen molar-refractivity contribution in [1.82, 2.24) is 0 Å². The highest BCUT2D eigenvalue weighted by molar-refractivity contribution is 9.10. The van der Waals surface area contributed by atoms with Gasteiger partial charge in [0.1, 0.15) is 30.1 Å². The van der Waals surface area contributed by atoms with E-state index in [0.29, 0.717) is 15.9 Å². The fourth-order valence-electron chi connectivity index (χ4n) is 1.62. The van der Waals surface area contributed by atoms with E-state index in [-0.39, 0.29) is 24.8 Å². The monoisotopic (exact) mass is 357 g/mol. The highest BCUT2D eigenvalue weighted by Gasteiger charge is 2.07. The van der Waals surface area contributed by atoms with Gasteiger partial charge < -0.3 is 15.2 Å². The van der Waals surface area contributed by atoms with Gasteiger partial charge in [0.05, 0.1) is 4.47 Å². The highest BCUT2D eigenvalue weighted by atomic mass is 79.9. The lowest BCUT2D eigenvalue weighted by molar-refractivity contribution is 0.117. The summed E-state index contributed by atoms with van der Waals surface area (Å²) >= 11 is 3.07. The van der Waals surface area contributed by atoms with E-state index in [1.807, 2.05) is 0 Å². The molecule has 3 nitrogen and oxygen atoms in total. The van der Waals surface area contributed by atoms with E-state index in [1.165, 1.54) is 30.3 Å². The van der Waals surface area contributed by atoms with Crippen LogP contribution < -0.4 is 10.1 Å². The Morgan fingerprint density at radius 2 is 1.86 bits per heavy atom. The summed E-state index contributed by atoms with van der Waals surface area (Å²) in [5.41, 5.74) is 0.566. The van der Waals surface area contributed by atoms with Crippen molar-refractivity contribution in [2.75, 3.05) is 18.5 Å². The van der Waals surface area contributed by atoms with Crippen LogP contribution in [0.1, 0.15) is 0 Å². The summed E-state index contributed by atoms with van der Waals surface area (Å²) in [7, 11) is 0. The van der Waals surface area contributed by atoms with Crippen LogP contribution in [0.5, 0.6) is 5.75 Å². The SMILES string of the molecule is OC(CNc1ccc(Br)c(F)c1)COc1ccc(F)cc1. The number of halogens is 3. The van der Waals surface area contributed by atoms with Crippen molar-refractivity contribution in [2.45, 2.75) is 6.10 Å². The van der Waals surface area contributed by atoms with Crippen molar-refractivity contribution >= 4 is 21.6 Å². The van der Waals surface area contributed by atoms with Crippen molar-refractivity contribution in [3.8, 4) is 5.75 Å². The summed E-state index contributed by atoms with van der Waals surface area (Å²) in [5.74, 6) is -0.246. The summed E-state index contributed by atoms with van der Waals surface area (Å²) in [6.07, 6.45) is -0.776. The standard InChI is InChI=1S/C15H14BrF2NO2/c16-14-6-3-11(7-15(14)18)19-8-12(20)9-21-13-4-1-10(17)2-5-13/h1-7,12,19-20H,8-9H2. The Morgan fingerprint density at radius 3 is 2.52 bits per heavy atom. The van der Waals surface area contributed by atoms with Crippen LogP contribution >= 0.6 is 15.9 Å². The van der Waals surface area contributed by atoms with Gasteiger partial charge in [0.25, 0.3) is 0 Å². The molecule has 0 radical (unpaired) electrons. The first-order valence-electron chi connectivity index (χ1n) is 6.30. The molecule has 0 spiro atoms. The topological polar surface area (TPSA) is 41.5 Å². The fourth-order valence-corrected chi connectivity index (χ4v) is 1.87. The Bertz CT molecular complexity index is 593. The Labute approximate surface area is 129 Å². The number of hydrogen-bond acceptors (Lipinski definition) is 3. The molecule has 0 amide bonds. The van der Waals surface area contributed by atoms with Crippen LogP contribution in [0.3, 0.4) is 0 Å². The number of ether oxygens (including phenoxy) is 1. The molecule has 0 aliphatic carbocycles. The predicted octanol–water partition coefficient (Wildman–Crippen LogP) is 3.58. The number of rotatable bonds is 6. The van der Waals surface area contributed by atoms with Crippen molar-refractivity contribution in [1.29, 1.82) is 0 Å². The molecule has 0 saturated carbocycles. The fraction of sp³-hybridized carbons (Fsp3) is 0.200. The lowest BCUT2D eigenvalue weighted by Crippen LogP contribution is -2.26. The lowest BCUT2D eigenvalue weighted by Gasteiger charge is -2.14. The van der Waals surface area contributed by atoms with Crippen LogP contribution in [0.15, 0.2) is 46.9 Å². The minimum Gasteiger partial charge on any atom is -0.491 e. The number of aliphatic hydroxyl groups is 1. The van der Waals surface area contributed by atoms with Gasteiger partial charge in [-0.15, -0.1) is 0 Å². The van der Waals surface area contributed by atoms with E-state index >= 15 is 0 Å². The second-order valence-electron chi connectivity index (χ2n) is 4.43. The Hall–Kier alpha value is -1.66. The van der Waals surface area contributed by atoms with Gasteiger partial charge in [-0.2, -0.15) is 0 Å². The molecule has 2 aromatic carbocycles. The normalized spacial score (nSPS) is 12.0. The Balaban J connectivity index is 1.77. The van der Waals surface area contributed by atoms with Crippen LogP contribution in [0.4, 0.5) is 14.5 Å². The molecule has 2 rings (SSSR count). The first kappa shape index (κ1) is 15.7. The van der Waals surface area contributed by atoms with Gasteiger partial charge in [0.2, 0.25) is 0 Å². The quantitative estimate of drug-likeness (QED) is 0.830. The van der Waals surface area contributed by atoms with Gasteiger partial charge in [-0.1, -0.05) is 0 Å². The Morgan fingerprint density at radius 1 is 1.14 bits per heavy atom. The molecule has 1 atom stereocenters. The van der Waals surface area contributed by atoms with Crippen molar-refractivity contribution in [2.24, 2.45) is 0 Å². The van der Waals surface area contributed by atoms with E-state index in [0.717, 1.165) is 0 Å². The first-order valence-corrected chi connectivity index (χ1v) is 7.09. The van der Waals surface area contributed by atoms with Crippen LogP contribution in [-0.2, 0) is 0 Å². The number of hydrogen-bond donors (Lipinski definition) is 2. The number of anilines is 1. The van der Waals surface area contributed by atoms with Crippen LogP contribution in [0.2, 0.25) is 0 Å². The molecular weight excluding hydrogens is 344 g/mol. The van der Waals surface area contributed by atoms with Crippen LogP contribution in [0, 0.1) is 11.6 Å². The molecule has 6 heteroatoms. The molecule has 2 N–H and O–H groups in total. The van der Waals surface area contributed by atoms with Gasteiger partial charge >= 0.3 is 0 Å². The number of nitrogens with one attached hydrogen (secondary N) is 1. The average Bonchev–Trinajstić information content (AvgIpc) is 2.48. The first-order chi connectivity index (χ1) is 10.0. The molecule has 0 heterocycles. The zero-order valence-electron chi connectivity index (χ0n) is 11.0.